The van der Waals surface area contributed by atoms with E-state index < -0.39 is 0 Å². The van der Waals surface area contributed by atoms with Crippen LogP contribution in [0.5, 0.6) is 0 Å². The summed E-state index contributed by atoms with van der Waals surface area (Å²) < 4.78 is 0. The van der Waals surface area contributed by atoms with Crippen molar-refractivity contribution >= 4 is 18.5 Å². The first-order valence-corrected chi connectivity index (χ1v) is 5.01. The smallest absolute Gasteiger partial charge is 0.243 e. The molecule has 0 saturated heterocycles. The molecule has 1 amide bonds. The molecule has 0 bridgehead atoms. The molecule has 4 heteroatoms. The molecule has 0 aliphatic carbocycles. The SMILES string of the molecule is O=C(CCc1ccc(CS)cc1)NO. The van der Waals surface area contributed by atoms with E-state index in [1.165, 1.54) is 0 Å². The first-order valence-electron chi connectivity index (χ1n) is 4.38. The third-order valence-corrected chi connectivity index (χ3v) is 2.34. The summed E-state index contributed by atoms with van der Waals surface area (Å²) in [5.41, 5.74) is 3.85. The van der Waals surface area contributed by atoms with E-state index in [1.807, 2.05) is 24.3 Å². The Hall–Kier alpha value is -1.00. The van der Waals surface area contributed by atoms with Gasteiger partial charge in [0.25, 0.3) is 0 Å². The predicted octanol–water partition coefficient (Wildman–Crippen LogP) is 1.55. The van der Waals surface area contributed by atoms with Crippen LogP contribution < -0.4 is 5.48 Å². The van der Waals surface area contributed by atoms with E-state index in [2.05, 4.69) is 12.6 Å². The molecule has 0 heterocycles. The van der Waals surface area contributed by atoms with Crippen molar-refractivity contribution in [1.29, 1.82) is 0 Å². The normalized spacial score (nSPS) is 9.86. The highest BCUT2D eigenvalue weighted by Gasteiger charge is 1.99. The third-order valence-electron chi connectivity index (χ3n) is 1.97. The predicted molar refractivity (Wildman–Crippen MR) is 57.4 cm³/mol. The zero-order valence-electron chi connectivity index (χ0n) is 7.73. The van der Waals surface area contributed by atoms with E-state index >= 15 is 0 Å². The van der Waals surface area contributed by atoms with Gasteiger partial charge in [0.05, 0.1) is 0 Å². The Morgan fingerprint density at radius 3 is 2.36 bits per heavy atom. The van der Waals surface area contributed by atoms with Gasteiger partial charge in [0.2, 0.25) is 5.91 Å². The lowest BCUT2D eigenvalue weighted by atomic mass is 10.1. The second-order valence-corrected chi connectivity index (χ2v) is 3.33. The van der Waals surface area contributed by atoms with Crippen molar-refractivity contribution in [2.45, 2.75) is 18.6 Å². The Morgan fingerprint density at radius 1 is 1.29 bits per heavy atom. The van der Waals surface area contributed by atoms with Crippen molar-refractivity contribution in [3.8, 4) is 0 Å². The van der Waals surface area contributed by atoms with Crippen molar-refractivity contribution in [1.82, 2.24) is 5.48 Å². The summed E-state index contributed by atoms with van der Waals surface area (Å²) in [5.74, 6) is 0.362. The van der Waals surface area contributed by atoms with Crippen LogP contribution in [0.4, 0.5) is 0 Å². The van der Waals surface area contributed by atoms with Crippen molar-refractivity contribution in [2.75, 3.05) is 0 Å². The first kappa shape index (κ1) is 11.1. The van der Waals surface area contributed by atoms with Crippen LogP contribution in [-0.2, 0) is 17.0 Å². The second kappa shape index (κ2) is 5.67. The zero-order chi connectivity index (χ0) is 10.4. The molecule has 0 radical (unpaired) electrons. The Balaban J connectivity index is 2.47. The van der Waals surface area contributed by atoms with Gasteiger partial charge in [-0.3, -0.25) is 10.0 Å². The number of benzene rings is 1. The van der Waals surface area contributed by atoms with Crippen molar-refractivity contribution in [3.63, 3.8) is 0 Å². The van der Waals surface area contributed by atoms with Gasteiger partial charge in [0, 0.05) is 12.2 Å². The molecule has 0 aliphatic heterocycles. The van der Waals surface area contributed by atoms with Gasteiger partial charge in [-0.15, -0.1) is 0 Å². The highest BCUT2D eigenvalue weighted by Crippen LogP contribution is 2.08. The fourth-order valence-corrected chi connectivity index (χ4v) is 1.34. The molecule has 2 N–H and O–H groups in total. The van der Waals surface area contributed by atoms with Crippen molar-refractivity contribution in [3.05, 3.63) is 35.4 Å². The summed E-state index contributed by atoms with van der Waals surface area (Å²) in [6.45, 7) is 0. The van der Waals surface area contributed by atoms with Gasteiger partial charge in [0.1, 0.15) is 0 Å². The molecular formula is C10H13NO2S. The minimum absolute atomic E-state index is 0.302. The number of hydroxylamine groups is 1. The van der Waals surface area contributed by atoms with Crippen LogP contribution in [0.2, 0.25) is 0 Å². The zero-order valence-corrected chi connectivity index (χ0v) is 8.63. The number of amides is 1. The fourth-order valence-electron chi connectivity index (χ4n) is 1.13. The average Bonchev–Trinajstić information content (AvgIpc) is 2.26. The van der Waals surface area contributed by atoms with Gasteiger partial charge in [-0.2, -0.15) is 12.6 Å². The number of hydrogen-bond donors (Lipinski definition) is 3. The molecule has 0 atom stereocenters. The summed E-state index contributed by atoms with van der Waals surface area (Å²) in [4.78, 5) is 10.7. The molecule has 14 heavy (non-hydrogen) atoms. The van der Waals surface area contributed by atoms with Gasteiger partial charge >= 0.3 is 0 Å². The molecule has 76 valence electrons. The number of nitrogens with one attached hydrogen (secondary N) is 1. The van der Waals surface area contributed by atoms with E-state index in [0.29, 0.717) is 12.8 Å². The number of carbonyl (C=O) groups excluding carboxylic acids is 1. The quantitative estimate of drug-likeness (QED) is 0.402. The Kier molecular flexibility index (Phi) is 4.49. The molecule has 1 aromatic rings. The molecule has 0 fully saturated rings. The second-order valence-electron chi connectivity index (χ2n) is 3.01. The van der Waals surface area contributed by atoms with Crippen LogP contribution in [0.1, 0.15) is 17.5 Å². The fraction of sp³-hybridized carbons (Fsp3) is 0.300. The van der Waals surface area contributed by atoms with Crippen LogP contribution in [0.15, 0.2) is 24.3 Å². The summed E-state index contributed by atoms with van der Waals surface area (Å²) in [7, 11) is 0. The number of carbonyl (C=O) groups is 1. The first-order chi connectivity index (χ1) is 6.76. The summed E-state index contributed by atoms with van der Waals surface area (Å²) in [6, 6.07) is 7.91. The van der Waals surface area contributed by atoms with E-state index in [0.717, 1.165) is 16.9 Å². The number of hydrogen-bond acceptors (Lipinski definition) is 3. The lowest BCUT2D eigenvalue weighted by Gasteiger charge is -2.01. The maximum absolute atomic E-state index is 10.7. The lowest BCUT2D eigenvalue weighted by molar-refractivity contribution is -0.129. The lowest BCUT2D eigenvalue weighted by Crippen LogP contribution is -2.18. The van der Waals surface area contributed by atoms with Crippen LogP contribution in [0, 0.1) is 0 Å². The number of rotatable bonds is 4. The highest BCUT2D eigenvalue weighted by molar-refractivity contribution is 7.79. The topological polar surface area (TPSA) is 49.3 Å². The Morgan fingerprint density at radius 2 is 1.86 bits per heavy atom. The molecule has 0 saturated carbocycles. The summed E-state index contributed by atoms with van der Waals surface area (Å²) in [5, 5.41) is 8.29. The minimum atomic E-state index is -0.358. The molecule has 0 aliphatic rings. The van der Waals surface area contributed by atoms with Gasteiger partial charge in [-0.25, -0.2) is 5.48 Å². The molecule has 0 aromatic heterocycles. The summed E-state index contributed by atoms with van der Waals surface area (Å²) >= 11 is 4.15. The Labute approximate surface area is 88.5 Å². The van der Waals surface area contributed by atoms with Gasteiger partial charge in [0.15, 0.2) is 0 Å². The van der Waals surface area contributed by atoms with Crippen molar-refractivity contribution < 1.29 is 10.0 Å². The van der Waals surface area contributed by atoms with Crippen molar-refractivity contribution in [2.24, 2.45) is 0 Å². The van der Waals surface area contributed by atoms with Gasteiger partial charge in [-0.05, 0) is 17.5 Å². The minimum Gasteiger partial charge on any atom is -0.289 e. The van der Waals surface area contributed by atoms with Crippen LogP contribution in [0.25, 0.3) is 0 Å². The largest absolute Gasteiger partial charge is 0.289 e. The molecule has 3 nitrogen and oxygen atoms in total. The van der Waals surface area contributed by atoms with E-state index in [1.54, 1.807) is 5.48 Å². The van der Waals surface area contributed by atoms with E-state index in [4.69, 9.17) is 5.21 Å². The molecule has 1 aromatic carbocycles. The molecular weight excluding hydrogens is 198 g/mol. The maximum atomic E-state index is 10.7. The summed E-state index contributed by atoms with van der Waals surface area (Å²) in [6.07, 6.45) is 0.940. The van der Waals surface area contributed by atoms with Gasteiger partial charge < -0.3 is 0 Å². The highest BCUT2D eigenvalue weighted by atomic mass is 32.1. The average molecular weight is 211 g/mol. The van der Waals surface area contributed by atoms with E-state index in [-0.39, 0.29) is 5.91 Å². The molecule has 0 spiro atoms. The number of thiol groups is 1. The third kappa shape index (κ3) is 3.40. The monoisotopic (exact) mass is 211 g/mol. The van der Waals surface area contributed by atoms with E-state index in [9.17, 15) is 4.79 Å². The molecule has 0 unspecified atom stereocenters. The maximum Gasteiger partial charge on any atom is 0.243 e. The van der Waals surface area contributed by atoms with Crippen LogP contribution in [0.3, 0.4) is 0 Å². The van der Waals surface area contributed by atoms with Crippen LogP contribution >= 0.6 is 12.6 Å². The Bertz CT molecular complexity index is 297. The molecule has 1 rings (SSSR count). The number of aryl methyl sites for hydroxylation is 1. The van der Waals surface area contributed by atoms with Crippen LogP contribution in [-0.4, -0.2) is 11.1 Å². The van der Waals surface area contributed by atoms with Gasteiger partial charge in [-0.1, -0.05) is 24.3 Å². The standard InChI is InChI=1S/C10H13NO2S/c12-10(11-13)6-5-8-1-3-9(7-14)4-2-8/h1-4,13-14H,5-7H2,(H,11,12).